The number of nitrogens with one attached hydrogen (secondary N) is 1. The predicted molar refractivity (Wildman–Crippen MR) is 70.2 cm³/mol. The Balaban J connectivity index is 1.87. The Hall–Kier alpha value is -0.370. The molecule has 16 heavy (non-hydrogen) atoms. The van der Waals surface area contributed by atoms with Gasteiger partial charge in [0.15, 0.2) is 0 Å². The first kappa shape index (κ1) is 12.1. The van der Waals surface area contributed by atoms with E-state index in [1.807, 2.05) is 0 Å². The number of hydrogen-bond acceptors (Lipinski definition) is 3. The normalized spacial score (nSPS) is 25.2. The molecule has 1 aromatic rings. The summed E-state index contributed by atoms with van der Waals surface area (Å²) in [7, 11) is 0. The van der Waals surface area contributed by atoms with Crippen LogP contribution in [0.4, 0.5) is 0 Å². The maximum atomic E-state index is 9.07. The maximum Gasteiger partial charge on any atom is 0.0701 e. The van der Waals surface area contributed by atoms with Gasteiger partial charge in [-0.05, 0) is 40.9 Å². The molecule has 2 atom stereocenters. The predicted octanol–water partition coefficient (Wildman–Crippen LogP) is 3.68. The molecule has 1 aliphatic carbocycles. The van der Waals surface area contributed by atoms with E-state index in [9.17, 15) is 0 Å². The Morgan fingerprint density at radius 2 is 2.25 bits per heavy atom. The summed E-state index contributed by atoms with van der Waals surface area (Å²) in [6, 6.07) is 7.02. The molecule has 1 N–H and O–H groups in total. The minimum absolute atomic E-state index is 0.206. The highest BCUT2D eigenvalue weighted by Gasteiger charge is 2.24. The van der Waals surface area contributed by atoms with E-state index in [2.05, 4.69) is 39.4 Å². The molecular formula is C12H15BrN2S. The molecule has 0 aliphatic heterocycles. The molecule has 2 unspecified atom stereocenters. The lowest BCUT2D eigenvalue weighted by Crippen LogP contribution is -2.37. The number of thiophene rings is 1. The van der Waals surface area contributed by atoms with E-state index >= 15 is 0 Å². The summed E-state index contributed by atoms with van der Waals surface area (Å²) < 4.78 is 1.17. The summed E-state index contributed by atoms with van der Waals surface area (Å²) in [6.45, 7) is 0.888. The van der Waals surface area contributed by atoms with Crippen LogP contribution in [0.25, 0.3) is 0 Å². The molecule has 0 saturated heterocycles. The van der Waals surface area contributed by atoms with Crippen molar-refractivity contribution >= 4 is 27.3 Å². The van der Waals surface area contributed by atoms with Crippen LogP contribution in [0.15, 0.2) is 15.9 Å². The number of halogens is 1. The second-order valence-corrected chi connectivity index (χ2v) is 6.76. The molecule has 2 nitrogen and oxygen atoms in total. The first-order valence-electron chi connectivity index (χ1n) is 5.67. The fourth-order valence-electron chi connectivity index (χ4n) is 2.21. The highest BCUT2D eigenvalue weighted by atomic mass is 79.9. The zero-order valence-electron chi connectivity index (χ0n) is 9.08. The van der Waals surface area contributed by atoms with Crippen molar-refractivity contribution < 1.29 is 0 Å². The van der Waals surface area contributed by atoms with Gasteiger partial charge in [-0.25, -0.2) is 0 Å². The second-order valence-electron chi connectivity index (χ2n) is 4.21. The van der Waals surface area contributed by atoms with Gasteiger partial charge < -0.3 is 5.32 Å². The van der Waals surface area contributed by atoms with Gasteiger partial charge in [-0.3, -0.25) is 0 Å². The van der Waals surface area contributed by atoms with Gasteiger partial charge in [0.25, 0.3) is 0 Å². The molecule has 0 amide bonds. The molecule has 1 saturated carbocycles. The van der Waals surface area contributed by atoms with Crippen molar-refractivity contribution in [1.29, 1.82) is 5.26 Å². The highest BCUT2D eigenvalue weighted by molar-refractivity contribution is 9.11. The van der Waals surface area contributed by atoms with Gasteiger partial charge >= 0.3 is 0 Å². The third-order valence-corrected chi connectivity index (χ3v) is 4.72. The standard InChI is InChI=1S/C12H15BrN2S/c13-12-6-5-10(16-12)8-15-11-4-2-1-3-9(11)7-14/h5-6,9,11,15H,1-4,8H2. The molecule has 0 bridgehead atoms. The van der Waals surface area contributed by atoms with Crippen molar-refractivity contribution in [3.8, 4) is 6.07 Å². The van der Waals surface area contributed by atoms with Crippen molar-refractivity contribution in [3.63, 3.8) is 0 Å². The number of rotatable bonds is 3. The molecular weight excluding hydrogens is 284 g/mol. The topological polar surface area (TPSA) is 35.8 Å². The summed E-state index contributed by atoms with van der Waals surface area (Å²) in [5.41, 5.74) is 0. The lowest BCUT2D eigenvalue weighted by atomic mass is 9.85. The van der Waals surface area contributed by atoms with Crippen LogP contribution in [0.1, 0.15) is 30.6 Å². The SMILES string of the molecule is N#CC1CCCCC1NCc1ccc(Br)s1. The van der Waals surface area contributed by atoms with Gasteiger partial charge in [-0.1, -0.05) is 12.8 Å². The van der Waals surface area contributed by atoms with Crippen LogP contribution in [0.5, 0.6) is 0 Å². The number of hydrogen-bond donors (Lipinski definition) is 1. The summed E-state index contributed by atoms with van der Waals surface area (Å²) in [6.07, 6.45) is 4.66. The zero-order chi connectivity index (χ0) is 11.4. The third kappa shape index (κ3) is 3.07. The van der Waals surface area contributed by atoms with Gasteiger partial charge in [-0.2, -0.15) is 5.26 Å². The Kier molecular flexibility index (Phi) is 4.39. The van der Waals surface area contributed by atoms with E-state index in [0.29, 0.717) is 6.04 Å². The molecule has 0 radical (unpaired) electrons. The van der Waals surface area contributed by atoms with E-state index in [1.165, 1.54) is 21.5 Å². The lowest BCUT2D eigenvalue weighted by molar-refractivity contribution is 0.312. The van der Waals surface area contributed by atoms with E-state index in [1.54, 1.807) is 11.3 Å². The van der Waals surface area contributed by atoms with Crippen LogP contribution in [-0.2, 0) is 6.54 Å². The number of nitriles is 1. The molecule has 1 fully saturated rings. The van der Waals surface area contributed by atoms with Crippen molar-refractivity contribution in [1.82, 2.24) is 5.32 Å². The van der Waals surface area contributed by atoms with E-state index < -0.39 is 0 Å². The average molecular weight is 299 g/mol. The van der Waals surface area contributed by atoms with E-state index in [4.69, 9.17) is 5.26 Å². The maximum absolute atomic E-state index is 9.07. The Morgan fingerprint density at radius 3 is 2.94 bits per heavy atom. The number of nitrogens with zero attached hydrogens (tertiary/aromatic N) is 1. The van der Waals surface area contributed by atoms with Crippen molar-refractivity contribution in [2.75, 3.05) is 0 Å². The summed E-state index contributed by atoms with van der Waals surface area (Å²) in [4.78, 5) is 1.33. The van der Waals surface area contributed by atoms with Crippen LogP contribution < -0.4 is 5.32 Å². The van der Waals surface area contributed by atoms with E-state index in [-0.39, 0.29) is 5.92 Å². The minimum atomic E-state index is 0.206. The first-order chi connectivity index (χ1) is 7.79. The van der Waals surface area contributed by atoms with Gasteiger partial charge in [0.05, 0.1) is 15.8 Å². The molecule has 86 valence electrons. The molecule has 1 aliphatic rings. The quantitative estimate of drug-likeness (QED) is 0.924. The molecule has 2 rings (SSSR count). The van der Waals surface area contributed by atoms with Crippen LogP contribution in [-0.4, -0.2) is 6.04 Å². The van der Waals surface area contributed by atoms with Crippen LogP contribution >= 0.6 is 27.3 Å². The van der Waals surface area contributed by atoms with Crippen molar-refractivity contribution in [2.24, 2.45) is 5.92 Å². The molecule has 0 aromatic carbocycles. The van der Waals surface area contributed by atoms with Crippen LogP contribution in [0.3, 0.4) is 0 Å². The Bertz CT molecular complexity index is 383. The Morgan fingerprint density at radius 1 is 1.44 bits per heavy atom. The smallest absolute Gasteiger partial charge is 0.0701 e. The fourth-order valence-corrected chi connectivity index (χ4v) is 3.64. The molecule has 0 spiro atoms. The van der Waals surface area contributed by atoms with Gasteiger partial charge in [0.2, 0.25) is 0 Å². The Labute approximate surface area is 109 Å². The van der Waals surface area contributed by atoms with Crippen LogP contribution in [0.2, 0.25) is 0 Å². The molecule has 1 aromatic heterocycles. The first-order valence-corrected chi connectivity index (χ1v) is 7.28. The van der Waals surface area contributed by atoms with Crippen molar-refractivity contribution in [2.45, 2.75) is 38.3 Å². The molecule has 4 heteroatoms. The fraction of sp³-hybridized carbons (Fsp3) is 0.583. The van der Waals surface area contributed by atoms with Crippen LogP contribution in [0, 0.1) is 17.2 Å². The summed E-state index contributed by atoms with van der Waals surface area (Å²) in [5, 5.41) is 12.6. The van der Waals surface area contributed by atoms with Gasteiger partial charge in [0, 0.05) is 17.5 Å². The average Bonchev–Trinajstić information content (AvgIpc) is 2.73. The summed E-state index contributed by atoms with van der Waals surface area (Å²) >= 11 is 5.22. The molecule has 1 heterocycles. The van der Waals surface area contributed by atoms with Gasteiger partial charge in [-0.15, -0.1) is 11.3 Å². The summed E-state index contributed by atoms with van der Waals surface area (Å²) in [5.74, 6) is 0.206. The second kappa shape index (κ2) is 5.81. The monoisotopic (exact) mass is 298 g/mol. The minimum Gasteiger partial charge on any atom is -0.308 e. The zero-order valence-corrected chi connectivity index (χ0v) is 11.5. The van der Waals surface area contributed by atoms with Gasteiger partial charge in [0.1, 0.15) is 0 Å². The third-order valence-electron chi connectivity index (χ3n) is 3.10. The lowest BCUT2D eigenvalue weighted by Gasteiger charge is -2.27. The largest absolute Gasteiger partial charge is 0.308 e. The van der Waals surface area contributed by atoms with Crippen molar-refractivity contribution in [3.05, 3.63) is 20.8 Å². The van der Waals surface area contributed by atoms with E-state index in [0.717, 1.165) is 19.4 Å². The highest BCUT2D eigenvalue weighted by Crippen LogP contribution is 2.25.